The number of carbonyl (C=O) groups excluding carboxylic acids is 1. The molecule has 1 aliphatic rings. The highest BCUT2D eigenvalue weighted by atomic mass is 32.1. The van der Waals surface area contributed by atoms with E-state index >= 15 is 0 Å². The fraction of sp³-hybridized carbons (Fsp3) is 0.278. The van der Waals surface area contributed by atoms with Gasteiger partial charge in [0.2, 0.25) is 0 Å². The molecule has 3 rings (SSSR count). The van der Waals surface area contributed by atoms with Crippen molar-refractivity contribution in [3.05, 3.63) is 45.9 Å². The number of nitrogens with one attached hydrogen (secondary N) is 1. The van der Waals surface area contributed by atoms with Crippen LogP contribution in [0.2, 0.25) is 0 Å². The molecule has 5 nitrogen and oxygen atoms in total. The van der Waals surface area contributed by atoms with Crippen LogP contribution >= 0.6 is 11.3 Å². The molecule has 1 saturated heterocycles. The van der Waals surface area contributed by atoms with E-state index in [4.69, 9.17) is 10.7 Å². The molecule has 2 aromatic rings. The number of amidine groups is 1. The molecule has 1 aromatic carbocycles. The van der Waals surface area contributed by atoms with Crippen LogP contribution in [0.4, 0.5) is 4.39 Å². The molecular weight excluding hydrogens is 341 g/mol. The van der Waals surface area contributed by atoms with Gasteiger partial charge < -0.3 is 10.0 Å². The Morgan fingerprint density at radius 3 is 2.84 bits per heavy atom. The van der Waals surface area contributed by atoms with Gasteiger partial charge in [0.25, 0.3) is 5.91 Å². The predicted molar refractivity (Wildman–Crippen MR) is 92.9 cm³/mol. The van der Waals surface area contributed by atoms with Crippen LogP contribution < -0.4 is 0 Å². The molecule has 2 heterocycles. The Kier molecular flexibility index (Phi) is 4.19. The first-order chi connectivity index (χ1) is 11.8. The lowest BCUT2D eigenvalue weighted by atomic mass is 9.75. The highest BCUT2D eigenvalue weighted by molar-refractivity contribution is 7.10. The van der Waals surface area contributed by atoms with Crippen LogP contribution in [0, 0.1) is 22.6 Å². The number of aliphatic hydroxyl groups is 1. The van der Waals surface area contributed by atoms with Crippen LogP contribution in [-0.4, -0.2) is 34.9 Å². The van der Waals surface area contributed by atoms with Crippen molar-refractivity contribution < 1.29 is 14.3 Å². The van der Waals surface area contributed by atoms with Crippen molar-refractivity contribution in [2.75, 3.05) is 7.05 Å². The van der Waals surface area contributed by atoms with Crippen molar-refractivity contribution in [2.45, 2.75) is 24.9 Å². The SMILES string of the molecule is CN1C(=N)C[C@](C)(c2cc(-c3ccc(F)c(C#N)c3)cs2)C(O)C1=O. The molecule has 128 valence electrons. The molecular formula is C18H16FN3O2S. The summed E-state index contributed by atoms with van der Waals surface area (Å²) >= 11 is 1.37. The van der Waals surface area contributed by atoms with Gasteiger partial charge in [-0.05, 0) is 34.7 Å². The molecule has 2 N–H and O–H groups in total. The van der Waals surface area contributed by atoms with E-state index < -0.39 is 23.2 Å². The van der Waals surface area contributed by atoms with E-state index in [1.54, 1.807) is 13.0 Å². The zero-order chi connectivity index (χ0) is 18.4. The van der Waals surface area contributed by atoms with Crippen LogP contribution in [-0.2, 0) is 10.2 Å². The zero-order valence-corrected chi connectivity index (χ0v) is 14.5. The Hall–Kier alpha value is -2.56. The Bertz CT molecular complexity index is 917. The van der Waals surface area contributed by atoms with Gasteiger partial charge in [0.1, 0.15) is 23.8 Å². The third kappa shape index (κ3) is 2.73. The maximum atomic E-state index is 13.5. The lowest BCUT2D eigenvalue weighted by Crippen LogP contribution is -2.56. The van der Waals surface area contributed by atoms with Gasteiger partial charge >= 0.3 is 0 Å². The molecule has 1 unspecified atom stereocenters. The van der Waals surface area contributed by atoms with Crippen molar-refractivity contribution in [3.8, 4) is 17.2 Å². The Morgan fingerprint density at radius 2 is 2.16 bits per heavy atom. The molecule has 1 aliphatic heterocycles. The number of likely N-dealkylation sites (N-methyl/N-ethyl adjacent to an activating group) is 1. The predicted octanol–water partition coefficient (Wildman–Crippen LogP) is 2.88. The van der Waals surface area contributed by atoms with E-state index in [0.717, 1.165) is 10.4 Å². The maximum absolute atomic E-state index is 13.5. The standard InChI is InChI=1S/C18H16FN3O2S/c1-18(7-15(21)22(2)17(24)16(18)23)14-6-12(9-25-14)10-3-4-13(19)11(5-10)8-20/h3-6,9,16,21,23H,7H2,1-2H3/t16?,18-/m1/s1. The number of hydrogen-bond acceptors (Lipinski definition) is 5. The molecule has 1 amide bonds. The number of piperidine rings is 1. The van der Waals surface area contributed by atoms with Gasteiger partial charge in [0.15, 0.2) is 0 Å². The Balaban J connectivity index is 2.00. The summed E-state index contributed by atoms with van der Waals surface area (Å²) in [5.41, 5.74) is 0.547. The number of aliphatic hydroxyl groups excluding tert-OH is 1. The van der Waals surface area contributed by atoms with E-state index in [1.165, 1.54) is 35.4 Å². The molecule has 0 bridgehead atoms. The minimum absolute atomic E-state index is 0.0345. The van der Waals surface area contributed by atoms with Crippen LogP contribution in [0.3, 0.4) is 0 Å². The number of halogens is 1. The third-order valence-corrected chi connectivity index (χ3v) is 5.90. The first-order valence-corrected chi connectivity index (χ1v) is 8.48. The summed E-state index contributed by atoms with van der Waals surface area (Å²) in [7, 11) is 1.48. The minimum atomic E-state index is -1.24. The van der Waals surface area contributed by atoms with E-state index in [1.807, 2.05) is 17.5 Å². The van der Waals surface area contributed by atoms with E-state index in [-0.39, 0.29) is 17.8 Å². The maximum Gasteiger partial charge on any atom is 0.257 e. The summed E-state index contributed by atoms with van der Waals surface area (Å²) < 4.78 is 13.5. The second-order valence-corrected chi connectivity index (χ2v) is 7.26. The number of benzene rings is 1. The average Bonchev–Trinajstić information content (AvgIpc) is 3.09. The highest BCUT2D eigenvalue weighted by Gasteiger charge is 2.47. The largest absolute Gasteiger partial charge is 0.382 e. The van der Waals surface area contributed by atoms with Crippen LogP contribution in [0.25, 0.3) is 11.1 Å². The molecule has 1 aromatic heterocycles. The lowest BCUT2D eigenvalue weighted by Gasteiger charge is -2.40. The summed E-state index contributed by atoms with van der Waals surface area (Å²) in [5, 5.41) is 29.3. The summed E-state index contributed by atoms with van der Waals surface area (Å²) in [6.07, 6.45) is -0.996. The normalized spacial score (nSPS) is 23.6. The second-order valence-electron chi connectivity index (χ2n) is 6.35. The molecule has 25 heavy (non-hydrogen) atoms. The minimum Gasteiger partial charge on any atom is -0.382 e. The third-order valence-electron chi connectivity index (χ3n) is 4.69. The fourth-order valence-electron chi connectivity index (χ4n) is 2.95. The van der Waals surface area contributed by atoms with E-state index in [2.05, 4.69) is 0 Å². The smallest absolute Gasteiger partial charge is 0.257 e. The number of rotatable bonds is 2. The lowest BCUT2D eigenvalue weighted by molar-refractivity contribution is -0.140. The van der Waals surface area contributed by atoms with Gasteiger partial charge in [-0.1, -0.05) is 13.0 Å². The Morgan fingerprint density at radius 1 is 1.44 bits per heavy atom. The van der Waals surface area contributed by atoms with Crippen LogP contribution in [0.1, 0.15) is 23.8 Å². The first kappa shape index (κ1) is 17.3. The number of hydrogen-bond donors (Lipinski definition) is 2. The van der Waals surface area contributed by atoms with Gasteiger partial charge in [-0.3, -0.25) is 10.2 Å². The molecule has 0 radical (unpaired) electrons. The molecule has 2 atom stereocenters. The first-order valence-electron chi connectivity index (χ1n) is 7.60. The molecule has 0 aliphatic carbocycles. The number of likely N-dealkylation sites (tertiary alicyclic amines) is 1. The summed E-state index contributed by atoms with van der Waals surface area (Å²) in [4.78, 5) is 14.1. The van der Waals surface area contributed by atoms with Crippen molar-refractivity contribution in [2.24, 2.45) is 0 Å². The molecule has 7 heteroatoms. The monoisotopic (exact) mass is 357 g/mol. The highest BCUT2D eigenvalue weighted by Crippen LogP contribution is 2.41. The van der Waals surface area contributed by atoms with Crippen molar-refractivity contribution in [1.29, 1.82) is 10.7 Å². The number of amides is 1. The number of thiophene rings is 1. The quantitative estimate of drug-likeness (QED) is 0.866. The summed E-state index contributed by atoms with van der Waals surface area (Å²) in [6, 6.07) is 7.95. The zero-order valence-electron chi connectivity index (χ0n) is 13.7. The van der Waals surface area contributed by atoms with Crippen molar-refractivity contribution in [1.82, 2.24) is 4.90 Å². The number of carbonyl (C=O) groups is 1. The second kappa shape index (κ2) is 6.06. The van der Waals surface area contributed by atoms with Gasteiger partial charge in [-0.25, -0.2) is 4.39 Å². The Labute approximate surface area is 148 Å². The molecule has 0 saturated carbocycles. The number of nitriles is 1. The average molecular weight is 357 g/mol. The summed E-state index contributed by atoms with van der Waals surface area (Å²) in [5.74, 6) is -0.915. The fourth-order valence-corrected chi connectivity index (χ4v) is 4.06. The van der Waals surface area contributed by atoms with Crippen molar-refractivity contribution in [3.63, 3.8) is 0 Å². The topological polar surface area (TPSA) is 88.2 Å². The van der Waals surface area contributed by atoms with Crippen LogP contribution in [0.5, 0.6) is 0 Å². The number of nitrogens with zero attached hydrogens (tertiary/aromatic N) is 2. The van der Waals surface area contributed by atoms with E-state index in [9.17, 15) is 14.3 Å². The summed E-state index contributed by atoms with van der Waals surface area (Å²) in [6.45, 7) is 1.76. The van der Waals surface area contributed by atoms with Gasteiger partial charge in [0, 0.05) is 23.8 Å². The van der Waals surface area contributed by atoms with Gasteiger partial charge in [0.05, 0.1) is 5.56 Å². The van der Waals surface area contributed by atoms with Gasteiger partial charge in [-0.15, -0.1) is 11.3 Å². The molecule has 0 spiro atoms. The van der Waals surface area contributed by atoms with E-state index in [0.29, 0.717) is 5.56 Å². The van der Waals surface area contributed by atoms with Gasteiger partial charge in [-0.2, -0.15) is 5.26 Å². The molecule has 1 fully saturated rings. The van der Waals surface area contributed by atoms with Crippen molar-refractivity contribution >= 4 is 23.1 Å². The van der Waals surface area contributed by atoms with Crippen LogP contribution in [0.15, 0.2) is 29.6 Å².